The van der Waals surface area contributed by atoms with E-state index in [1.54, 1.807) is 0 Å². The zero-order chi connectivity index (χ0) is 40.4. The minimum Gasteiger partial charge on any atom is -0.507 e. The molecule has 19 nitrogen and oxygen atoms in total. The van der Waals surface area contributed by atoms with E-state index in [4.69, 9.17) is 32.8 Å². The van der Waals surface area contributed by atoms with Crippen molar-refractivity contribution in [3.05, 3.63) is 66.2 Å². The topological polar surface area (TPSA) is 306 Å². The summed E-state index contributed by atoms with van der Waals surface area (Å²) in [6.07, 6.45) is -14.8. The Morgan fingerprint density at radius 2 is 1.36 bits per heavy atom. The molecule has 2 fully saturated rings. The highest BCUT2D eigenvalue weighted by molar-refractivity contribution is 5.89. The monoisotopic (exact) mass is 787 g/mol. The molecule has 0 unspecified atom stereocenters. The Labute approximate surface area is 316 Å². The van der Waals surface area contributed by atoms with Crippen LogP contribution in [0.25, 0.3) is 28.4 Å². The number of hydrogen-bond acceptors (Lipinski definition) is 18. The number of benzene rings is 3. The summed E-state index contributed by atoms with van der Waals surface area (Å²) in [5, 5.41) is 114. The Bertz CT molecular complexity index is 2070. The summed E-state index contributed by atoms with van der Waals surface area (Å²) in [5.41, 5.74) is 0.460. The predicted molar refractivity (Wildman–Crippen MR) is 187 cm³/mol. The SMILES string of the molecule is COc1cc(C=CC(=O)OC[C@H]2O[C@@H](Oc3cc(O)cc4[o+]c(-c5ccc(O)c(O)c5)c(O[C@@H]5O[C@H](CO)[C@H](O)[C@H](O)[C@H]5O)cc34)[C@H](O)[C@@H](O)[C@@H]2O)ccc1O. The van der Waals surface area contributed by atoms with Gasteiger partial charge < -0.3 is 84.6 Å². The number of hydrogen-bond donors (Lipinski definition) is 11. The fourth-order valence-electron chi connectivity index (χ4n) is 5.96. The van der Waals surface area contributed by atoms with E-state index in [0.29, 0.717) is 5.56 Å². The summed E-state index contributed by atoms with van der Waals surface area (Å²) in [4.78, 5) is 12.5. The number of aliphatic hydroxyl groups is 7. The molecule has 2 aliphatic heterocycles. The lowest BCUT2D eigenvalue weighted by atomic mass is 9.99. The van der Waals surface area contributed by atoms with Gasteiger partial charge in [0.2, 0.25) is 18.3 Å². The highest BCUT2D eigenvalue weighted by Gasteiger charge is 2.47. The van der Waals surface area contributed by atoms with Crippen molar-refractivity contribution in [3.8, 4) is 51.6 Å². The number of carbonyl (C=O) groups is 1. The van der Waals surface area contributed by atoms with Gasteiger partial charge in [-0.05, 0) is 35.9 Å². The van der Waals surface area contributed by atoms with Gasteiger partial charge in [0.05, 0.1) is 25.3 Å². The maximum atomic E-state index is 12.5. The molecule has 3 heterocycles. The Morgan fingerprint density at radius 1 is 0.714 bits per heavy atom. The van der Waals surface area contributed by atoms with E-state index in [2.05, 4.69) is 0 Å². The van der Waals surface area contributed by atoms with Crippen molar-refractivity contribution in [2.45, 2.75) is 61.4 Å². The van der Waals surface area contributed by atoms with Gasteiger partial charge in [-0.2, -0.15) is 0 Å². The molecule has 11 N–H and O–H groups in total. The molecule has 2 saturated heterocycles. The molecule has 0 saturated carbocycles. The first-order chi connectivity index (χ1) is 26.7. The Hall–Kier alpha value is -5.48. The maximum absolute atomic E-state index is 12.5. The Kier molecular flexibility index (Phi) is 12.0. The van der Waals surface area contributed by atoms with Gasteiger partial charge in [0.1, 0.15) is 72.3 Å². The van der Waals surface area contributed by atoms with Gasteiger partial charge in [0, 0.05) is 24.3 Å². The lowest BCUT2D eigenvalue weighted by Gasteiger charge is -2.40. The van der Waals surface area contributed by atoms with Crippen LogP contribution in [0.5, 0.6) is 40.2 Å². The molecule has 3 aromatic carbocycles. The van der Waals surface area contributed by atoms with Gasteiger partial charge >= 0.3 is 17.3 Å². The van der Waals surface area contributed by atoms with E-state index in [1.165, 1.54) is 43.5 Å². The van der Waals surface area contributed by atoms with Crippen LogP contribution in [-0.4, -0.2) is 144 Å². The fraction of sp³-hybridized carbons (Fsp3) is 0.351. The molecule has 4 aromatic rings. The van der Waals surface area contributed by atoms with E-state index in [9.17, 15) is 61.0 Å². The molecule has 1 aromatic heterocycles. The molecule has 0 aliphatic carbocycles. The van der Waals surface area contributed by atoms with Gasteiger partial charge in [-0.15, -0.1) is 0 Å². The fourth-order valence-corrected chi connectivity index (χ4v) is 5.96. The highest BCUT2D eigenvalue weighted by Crippen LogP contribution is 2.43. The Morgan fingerprint density at radius 3 is 2.02 bits per heavy atom. The minimum absolute atomic E-state index is 0.00970. The molecule has 6 rings (SSSR count). The van der Waals surface area contributed by atoms with Crippen LogP contribution in [0.15, 0.2) is 65.1 Å². The molecule has 0 amide bonds. The molecule has 300 valence electrons. The summed E-state index contributed by atoms with van der Waals surface area (Å²) in [6.45, 7) is -1.39. The normalized spacial score (nSPS) is 27.9. The standard InChI is InChI=1S/C37H38O19/c1-50-24-8-15(2-5-20(24)41)3-7-28(43)51-14-27-30(45)32(47)34(49)36(56-27)53-23-11-17(39)10-22-18(23)12-25(35(52-22)16-4-6-19(40)21(42)9-16)54-37-33(48)31(46)29(44)26(13-38)55-37/h2-12,26-27,29-34,36-38,44-49H,13-14H2,1H3,(H3-,39,40,41,42,43)/p+1/t26-,27-,29+,30-,31+,32+,33-,34-,36-,37-/m1/s1. The highest BCUT2D eigenvalue weighted by atomic mass is 16.7. The number of esters is 1. The Balaban J connectivity index is 1.28. The largest absolute Gasteiger partial charge is 0.507 e. The smallest absolute Gasteiger partial charge is 0.402 e. The summed E-state index contributed by atoms with van der Waals surface area (Å²) >= 11 is 0. The summed E-state index contributed by atoms with van der Waals surface area (Å²) in [7, 11) is 1.36. The van der Waals surface area contributed by atoms with Crippen LogP contribution in [-0.2, 0) is 19.0 Å². The molecule has 0 spiro atoms. The molecule has 2 aliphatic rings. The molecule has 10 atom stereocenters. The van der Waals surface area contributed by atoms with Crippen LogP contribution < -0.4 is 14.2 Å². The third kappa shape index (κ3) is 8.35. The first-order valence-electron chi connectivity index (χ1n) is 16.9. The molecular weight excluding hydrogens is 748 g/mol. The van der Waals surface area contributed by atoms with Crippen molar-refractivity contribution < 1.29 is 93.8 Å². The van der Waals surface area contributed by atoms with Crippen LogP contribution in [0.2, 0.25) is 0 Å². The average molecular weight is 788 g/mol. The zero-order valence-electron chi connectivity index (χ0n) is 29.2. The van der Waals surface area contributed by atoms with E-state index >= 15 is 0 Å². The number of phenols is 4. The van der Waals surface area contributed by atoms with Crippen molar-refractivity contribution in [2.75, 3.05) is 20.3 Å². The van der Waals surface area contributed by atoms with Crippen LogP contribution in [0.3, 0.4) is 0 Å². The molecule has 0 radical (unpaired) electrons. The van der Waals surface area contributed by atoms with Crippen LogP contribution in [0.4, 0.5) is 0 Å². The quantitative estimate of drug-likeness (QED) is 0.0407. The van der Waals surface area contributed by atoms with Crippen LogP contribution in [0, 0.1) is 0 Å². The number of phenolic OH excluding ortho intramolecular Hbond substituents is 4. The number of methoxy groups -OCH3 is 1. The van der Waals surface area contributed by atoms with Crippen LogP contribution >= 0.6 is 0 Å². The lowest BCUT2D eigenvalue weighted by molar-refractivity contribution is -0.278. The van der Waals surface area contributed by atoms with Gasteiger partial charge in [-0.25, -0.2) is 9.21 Å². The minimum atomic E-state index is -1.90. The lowest BCUT2D eigenvalue weighted by Crippen LogP contribution is -2.60. The predicted octanol–water partition coefficient (Wildman–Crippen LogP) is -0.166. The first kappa shape index (κ1) is 40.2. The van der Waals surface area contributed by atoms with E-state index in [1.807, 2.05) is 0 Å². The van der Waals surface area contributed by atoms with E-state index < -0.39 is 97.8 Å². The van der Waals surface area contributed by atoms with Gasteiger partial charge in [-0.1, -0.05) is 6.07 Å². The number of fused-ring (bicyclic) bond motifs is 1. The zero-order valence-corrected chi connectivity index (χ0v) is 29.2. The maximum Gasteiger partial charge on any atom is 0.402 e. The number of aromatic hydroxyl groups is 4. The average Bonchev–Trinajstić information content (AvgIpc) is 3.18. The van der Waals surface area contributed by atoms with E-state index in [0.717, 1.165) is 30.3 Å². The molecule has 19 heteroatoms. The summed E-state index contributed by atoms with van der Waals surface area (Å²) in [6, 6.07) is 11.4. The third-order valence-corrected chi connectivity index (χ3v) is 9.05. The van der Waals surface area contributed by atoms with Gasteiger partial charge in [-0.3, -0.25) is 0 Å². The number of rotatable bonds is 11. The van der Waals surface area contributed by atoms with E-state index in [-0.39, 0.29) is 45.3 Å². The number of carbonyl (C=O) groups excluding carboxylic acids is 1. The number of aliphatic hydroxyl groups excluding tert-OH is 7. The second-order valence-electron chi connectivity index (χ2n) is 12.8. The van der Waals surface area contributed by atoms with Crippen LogP contribution in [0.1, 0.15) is 5.56 Å². The van der Waals surface area contributed by atoms with Crippen molar-refractivity contribution in [3.63, 3.8) is 0 Å². The summed E-state index contributed by atoms with van der Waals surface area (Å²) < 4.78 is 39.3. The second kappa shape index (κ2) is 16.7. The second-order valence-corrected chi connectivity index (χ2v) is 12.8. The van der Waals surface area contributed by atoms with Crippen molar-refractivity contribution in [2.24, 2.45) is 0 Å². The molecular formula is C37H39O19+. The first-order valence-corrected chi connectivity index (χ1v) is 16.9. The van der Waals surface area contributed by atoms with Gasteiger partial charge in [0.25, 0.3) is 0 Å². The van der Waals surface area contributed by atoms with Crippen molar-refractivity contribution in [1.29, 1.82) is 0 Å². The molecule has 0 bridgehead atoms. The number of ether oxygens (including phenoxy) is 6. The summed E-state index contributed by atoms with van der Waals surface area (Å²) in [5.74, 6) is -3.01. The molecule has 56 heavy (non-hydrogen) atoms. The van der Waals surface area contributed by atoms with Gasteiger partial charge in [0.15, 0.2) is 23.0 Å². The van der Waals surface area contributed by atoms with Crippen molar-refractivity contribution >= 4 is 23.0 Å². The third-order valence-electron chi connectivity index (χ3n) is 9.05. The van der Waals surface area contributed by atoms with Crippen molar-refractivity contribution in [1.82, 2.24) is 0 Å².